The van der Waals surface area contributed by atoms with E-state index in [1.807, 2.05) is 12.1 Å². The van der Waals surface area contributed by atoms with Crippen LogP contribution in [0.5, 0.6) is 0 Å². The second-order valence-corrected chi connectivity index (χ2v) is 19.6. The van der Waals surface area contributed by atoms with Crippen LogP contribution >= 0.6 is 0 Å². The molecule has 316 valence electrons. The Bertz CT molecular complexity index is 4520. The Labute approximate surface area is 402 Å². The summed E-state index contributed by atoms with van der Waals surface area (Å²) in [5.74, 6) is 0. The average Bonchev–Trinajstić information content (AvgIpc) is 4.14. The quantitative estimate of drug-likeness (QED) is 0.120. The van der Waals surface area contributed by atoms with E-state index in [0.29, 0.717) is 11.3 Å². The summed E-state index contributed by atoms with van der Waals surface area (Å²) in [6.07, 6.45) is 0. The van der Waals surface area contributed by atoms with Gasteiger partial charge >= 0.3 is 0 Å². The highest BCUT2D eigenvalue weighted by atomic mass is 15.0. The molecule has 0 saturated heterocycles. The second kappa shape index (κ2) is 12.6. The van der Waals surface area contributed by atoms with Crippen LogP contribution in [0.2, 0.25) is 0 Å². The topological polar surface area (TPSA) is 38.0 Å². The lowest BCUT2D eigenvalue weighted by atomic mass is 9.34. The summed E-state index contributed by atoms with van der Waals surface area (Å²) in [6, 6.07) is 76.5. The van der Waals surface area contributed by atoms with Crippen LogP contribution in [0.15, 0.2) is 200 Å². The number of aromatic nitrogens is 2. The van der Waals surface area contributed by atoms with E-state index in [4.69, 9.17) is 6.57 Å². The third-order valence-corrected chi connectivity index (χ3v) is 16.7. The number of nitrogens with zero attached hydrogens (tertiary/aromatic N) is 4. The molecule has 2 aromatic heterocycles. The number of fused-ring (bicyclic) bond motifs is 24. The van der Waals surface area contributed by atoms with Gasteiger partial charge in [-0.25, -0.2) is 4.85 Å². The number of benzene rings is 11. The van der Waals surface area contributed by atoms with Crippen molar-refractivity contribution in [2.75, 3.05) is 0 Å². The maximum Gasteiger partial charge on any atom is 0.252 e. The van der Waals surface area contributed by atoms with Crippen LogP contribution in [-0.4, -0.2) is 15.8 Å². The van der Waals surface area contributed by atoms with Gasteiger partial charge in [0.1, 0.15) is 0 Å². The minimum absolute atomic E-state index is 0.111. The summed E-state index contributed by atoms with van der Waals surface area (Å²) in [5.41, 5.74) is 24.1. The lowest BCUT2D eigenvalue weighted by Crippen LogP contribution is -2.59. The summed E-state index contributed by atoms with van der Waals surface area (Å²) >= 11 is 0. The van der Waals surface area contributed by atoms with Gasteiger partial charge in [0.25, 0.3) is 6.71 Å². The van der Waals surface area contributed by atoms with E-state index >= 15 is 0 Å². The van der Waals surface area contributed by atoms with E-state index in [2.05, 4.69) is 208 Å². The molecule has 0 amide bonds. The highest BCUT2D eigenvalue weighted by molar-refractivity contribution is 7.00. The zero-order valence-corrected chi connectivity index (χ0v) is 37.4. The van der Waals surface area contributed by atoms with Crippen molar-refractivity contribution in [2.45, 2.75) is 5.41 Å². The Kier molecular flexibility index (Phi) is 6.58. The van der Waals surface area contributed by atoms with Crippen molar-refractivity contribution in [3.63, 3.8) is 0 Å². The predicted molar refractivity (Wildman–Crippen MR) is 287 cm³/mol. The number of hydrogen-bond acceptors (Lipinski definition) is 1. The van der Waals surface area contributed by atoms with Crippen LogP contribution < -0.4 is 16.4 Å². The van der Waals surface area contributed by atoms with Gasteiger partial charge in [-0.15, -0.1) is 0 Å². The van der Waals surface area contributed by atoms with Crippen LogP contribution in [0, 0.1) is 17.9 Å². The first-order valence-corrected chi connectivity index (χ1v) is 24.0. The average molecular weight is 881 g/mol. The van der Waals surface area contributed by atoms with E-state index in [-0.39, 0.29) is 6.71 Å². The zero-order chi connectivity index (χ0) is 45.7. The molecule has 0 fully saturated rings. The molecule has 70 heavy (non-hydrogen) atoms. The van der Waals surface area contributed by atoms with Gasteiger partial charge in [-0.2, -0.15) is 5.26 Å². The molecular formula is C65H33BN4. The molecular weight excluding hydrogens is 848 g/mol. The van der Waals surface area contributed by atoms with E-state index in [1.165, 1.54) is 110 Å². The van der Waals surface area contributed by atoms with Crippen LogP contribution in [0.4, 0.5) is 5.69 Å². The van der Waals surface area contributed by atoms with Gasteiger partial charge in [-0.1, -0.05) is 158 Å². The highest BCUT2D eigenvalue weighted by Crippen LogP contribution is 2.64. The zero-order valence-electron chi connectivity index (χ0n) is 37.4. The fourth-order valence-corrected chi connectivity index (χ4v) is 14.2. The molecule has 2 aliphatic carbocycles. The van der Waals surface area contributed by atoms with E-state index < -0.39 is 5.41 Å². The fourth-order valence-electron chi connectivity index (χ4n) is 14.2. The minimum atomic E-state index is -0.479. The summed E-state index contributed by atoms with van der Waals surface area (Å²) < 4.78 is 5.06. The first-order valence-electron chi connectivity index (χ1n) is 24.0. The molecule has 4 aliphatic rings. The monoisotopic (exact) mass is 880 g/mol. The van der Waals surface area contributed by atoms with E-state index in [0.717, 1.165) is 38.7 Å². The lowest BCUT2D eigenvalue weighted by molar-refractivity contribution is 0.794. The van der Waals surface area contributed by atoms with Gasteiger partial charge in [-0.3, -0.25) is 0 Å². The standard InChI is InChI=1S/C65H33BN4/c1-68-40-26-28-56-48(34-40)61-42-16-5-3-14-38(42)31-54-64(61)70(56)58-33-39(32-57-62(58)66(54)53-30-37-13-2-4-15-41(37)60-47-29-36(35-67)25-27-55(47)69(57)63(53)60)43-20-12-24-52-59(43)46-19-8-11-23-51(46)65(52)49-21-9-6-17-44(49)45-18-7-10-22-50(45)65/h2-34H. The molecule has 1 spiro atoms. The van der Waals surface area contributed by atoms with Gasteiger partial charge in [0.2, 0.25) is 0 Å². The molecule has 13 aromatic rings. The van der Waals surface area contributed by atoms with Crippen molar-refractivity contribution in [2.24, 2.45) is 0 Å². The summed E-state index contributed by atoms with van der Waals surface area (Å²) in [5, 5.41) is 19.6. The fraction of sp³-hybridized carbons (Fsp3) is 0.0154. The van der Waals surface area contributed by atoms with Crippen LogP contribution in [0.3, 0.4) is 0 Å². The molecule has 11 aromatic carbocycles. The Balaban J connectivity index is 1.07. The van der Waals surface area contributed by atoms with Gasteiger partial charge in [-0.05, 0) is 141 Å². The van der Waals surface area contributed by atoms with E-state index in [1.54, 1.807) is 0 Å². The Morgan fingerprint density at radius 2 is 0.986 bits per heavy atom. The van der Waals surface area contributed by atoms with Crippen molar-refractivity contribution < 1.29 is 0 Å². The predicted octanol–water partition coefficient (Wildman–Crippen LogP) is 13.8. The van der Waals surface area contributed by atoms with Crippen molar-refractivity contribution in [3.05, 3.63) is 239 Å². The largest absolute Gasteiger partial charge is 0.310 e. The maximum absolute atomic E-state index is 10.4. The van der Waals surface area contributed by atoms with Crippen LogP contribution in [-0.2, 0) is 5.41 Å². The molecule has 0 N–H and O–H groups in total. The normalized spacial score (nSPS) is 13.8. The van der Waals surface area contributed by atoms with Crippen molar-refractivity contribution in [3.8, 4) is 50.8 Å². The third-order valence-electron chi connectivity index (χ3n) is 16.7. The Morgan fingerprint density at radius 1 is 0.471 bits per heavy atom. The van der Waals surface area contributed by atoms with Gasteiger partial charge in [0.05, 0.1) is 40.2 Å². The summed E-state index contributed by atoms with van der Waals surface area (Å²) in [4.78, 5) is 3.98. The smallest absolute Gasteiger partial charge is 0.252 e. The Morgan fingerprint density at radius 3 is 1.60 bits per heavy atom. The minimum Gasteiger partial charge on any atom is -0.310 e. The molecule has 17 rings (SSSR count). The first-order chi connectivity index (χ1) is 34.6. The van der Waals surface area contributed by atoms with Crippen molar-refractivity contribution >= 4 is 93.9 Å². The number of rotatable bonds is 1. The van der Waals surface area contributed by atoms with Crippen LogP contribution in [0.25, 0.3) is 115 Å². The third kappa shape index (κ3) is 4.10. The SMILES string of the molecule is [C-]#[N+]c1ccc2c(c1)c1c3ccccc3cc3c1n2-c1cc(-c2cccc4c2-c2ccccc2C42c4ccccc4-c4ccccc42)cc2c1B3c1cc3ccccc3c3c4cc(C#N)ccc4n-2c13. The molecule has 4 heterocycles. The molecule has 0 saturated carbocycles. The van der Waals surface area contributed by atoms with Gasteiger partial charge in [0, 0.05) is 33.1 Å². The van der Waals surface area contributed by atoms with Crippen LogP contribution in [0.1, 0.15) is 27.8 Å². The molecule has 2 aliphatic heterocycles. The summed E-state index contributed by atoms with van der Waals surface area (Å²) in [7, 11) is 0. The number of hydrogen-bond donors (Lipinski definition) is 0. The highest BCUT2D eigenvalue weighted by Gasteiger charge is 2.52. The Hall–Kier alpha value is -9.42. The van der Waals surface area contributed by atoms with Gasteiger partial charge < -0.3 is 9.13 Å². The van der Waals surface area contributed by atoms with E-state index in [9.17, 15) is 5.26 Å². The molecule has 0 unspecified atom stereocenters. The molecule has 0 atom stereocenters. The molecule has 4 nitrogen and oxygen atoms in total. The van der Waals surface area contributed by atoms with Crippen molar-refractivity contribution in [1.29, 1.82) is 5.26 Å². The summed E-state index contributed by atoms with van der Waals surface area (Å²) in [6.45, 7) is 8.05. The molecule has 0 bridgehead atoms. The molecule has 5 heteroatoms. The molecule has 0 radical (unpaired) electrons. The van der Waals surface area contributed by atoms with Gasteiger partial charge in [0.15, 0.2) is 5.69 Å². The first kappa shape index (κ1) is 36.7. The van der Waals surface area contributed by atoms with Crippen molar-refractivity contribution in [1.82, 2.24) is 9.13 Å². The maximum atomic E-state index is 10.4. The second-order valence-electron chi connectivity index (χ2n) is 19.6. The number of nitriles is 1. The lowest BCUT2D eigenvalue weighted by Gasteiger charge is -2.35.